The van der Waals surface area contributed by atoms with Crippen LogP contribution in [0, 0.1) is 0 Å². The normalized spacial score (nSPS) is 10.6. The molecule has 0 saturated heterocycles. The Morgan fingerprint density at radius 3 is 2.64 bits per heavy atom. The molecule has 0 aliphatic heterocycles. The Bertz CT molecular complexity index is 299. The van der Waals surface area contributed by atoms with Crippen LogP contribution in [-0.2, 0) is 11.3 Å². The smallest absolute Gasteiger partial charge is 0.156 e. The van der Waals surface area contributed by atoms with Crippen LogP contribution in [0.1, 0.15) is 31.3 Å². The first-order valence-electron chi connectivity index (χ1n) is 4.72. The summed E-state index contributed by atoms with van der Waals surface area (Å²) in [5, 5.41) is 3.01. The summed E-state index contributed by atoms with van der Waals surface area (Å²) >= 11 is 0. The van der Waals surface area contributed by atoms with Crippen molar-refractivity contribution in [2.75, 3.05) is 19.5 Å². The van der Waals surface area contributed by atoms with Crippen molar-refractivity contribution >= 4 is 5.82 Å². The van der Waals surface area contributed by atoms with E-state index >= 15 is 0 Å². The summed E-state index contributed by atoms with van der Waals surface area (Å²) in [5.74, 6) is 1.97. The van der Waals surface area contributed by atoms with Gasteiger partial charge in [0.1, 0.15) is 12.4 Å². The summed E-state index contributed by atoms with van der Waals surface area (Å²) in [7, 11) is 3.49. The molecule has 0 aliphatic carbocycles. The van der Waals surface area contributed by atoms with Crippen molar-refractivity contribution in [1.29, 1.82) is 0 Å². The molecule has 1 heterocycles. The Kier molecular flexibility index (Phi) is 3.83. The maximum absolute atomic E-state index is 5.01. The van der Waals surface area contributed by atoms with Crippen LogP contribution in [0.15, 0.2) is 6.07 Å². The minimum absolute atomic E-state index is 0.403. The molecule has 78 valence electrons. The molecular formula is C10H17N3O. The van der Waals surface area contributed by atoms with Gasteiger partial charge >= 0.3 is 0 Å². The van der Waals surface area contributed by atoms with E-state index in [1.165, 1.54) is 0 Å². The molecule has 0 unspecified atom stereocenters. The van der Waals surface area contributed by atoms with Gasteiger partial charge in [-0.25, -0.2) is 9.97 Å². The lowest BCUT2D eigenvalue weighted by Gasteiger charge is -2.09. The molecular weight excluding hydrogens is 178 g/mol. The number of nitrogens with zero attached hydrogens (tertiary/aromatic N) is 2. The van der Waals surface area contributed by atoms with E-state index in [0.29, 0.717) is 12.5 Å². The van der Waals surface area contributed by atoms with Gasteiger partial charge in [0.25, 0.3) is 0 Å². The first-order chi connectivity index (χ1) is 6.67. The molecule has 4 nitrogen and oxygen atoms in total. The van der Waals surface area contributed by atoms with Gasteiger partial charge in [0.05, 0.1) is 0 Å². The van der Waals surface area contributed by atoms with E-state index in [2.05, 4.69) is 29.1 Å². The Hall–Kier alpha value is -1.16. The van der Waals surface area contributed by atoms with Crippen LogP contribution in [0.25, 0.3) is 0 Å². The summed E-state index contributed by atoms with van der Waals surface area (Å²) in [5.41, 5.74) is 1.04. The molecule has 0 radical (unpaired) electrons. The van der Waals surface area contributed by atoms with Crippen LogP contribution >= 0.6 is 0 Å². The van der Waals surface area contributed by atoms with Crippen molar-refractivity contribution in [2.24, 2.45) is 0 Å². The third kappa shape index (κ3) is 2.67. The van der Waals surface area contributed by atoms with Gasteiger partial charge in [0.15, 0.2) is 5.82 Å². The van der Waals surface area contributed by atoms with Gasteiger partial charge in [0, 0.05) is 25.9 Å². The summed E-state index contributed by atoms with van der Waals surface area (Å²) in [6, 6.07) is 1.96. The van der Waals surface area contributed by atoms with Gasteiger partial charge in [-0.05, 0) is 5.92 Å². The number of hydrogen-bond donors (Lipinski definition) is 1. The molecule has 0 fully saturated rings. The Morgan fingerprint density at radius 1 is 1.43 bits per heavy atom. The lowest BCUT2D eigenvalue weighted by molar-refractivity contribution is 0.177. The Morgan fingerprint density at radius 2 is 2.14 bits per heavy atom. The molecule has 0 aliphatic rings. The van der Waals surface area contributed by atoms with E-state index in [-0.39, 0.29) is 0 Å². The highest BCUT2D eigenvalue weighted by Crippen LogP contribution is 2.15. The monoisotopic (exact) mass is 195 g/mol. The predicted molar refractivity (Wildman–Crippen MR) is 56.4 cm³/mol. The minimum Gasteiger partial charge on any atom is -0.377 e. The molecule has 0 saturated carbocycles. The number of hydrogen-bond acceptors (Lipinski definition) is 4. The average Bonchev–Trinajstić information content (AvgIpc) is 2.17. The van der Waals surface area contributed by atoms with Crippen LogP contribution in [0.4, 0.5) is 5.82 Å². The molecule has 1 N–H and O–H groups in total. The number of anilines is 1. The Balaban J connectivity index is 3.00. The predicted octanol–water partition coefficient (Wildman–Crippen LogP) is 1.79. The lowest BCUT2D eigenvalue weighted by atomic mass is 10.1. The summed E-state index contributed by atoms with van der Waals surface area (Å²) in [6.45, 7) is 4.67. The van der Waals surface area contributed by atoms with E-state index in [1.54, 1.807) is 7.11 Å². The molecule has 0 atom stereocenters. The molecule has 14 heavy (non-hydrogen) atoms. The largest absolute Gasteiger partial charge is 0.377 e. The highest BCUT2D eigenvalue weighted by Gasteiger charge is 2.06. The fourth-order valence-electron chi connectivity index (χ4n) is 1.14. The van der Waals surface area contributed by atoms with Crippen LogP contribution in [0.2, 0.25) is 0 Å². The zero-order valence-electron chi connectivity index (χ0n) is 9.16. The number of rotatable bonds is 4. The van der Waals surface area contributed by atoms with E-state index in [9.17, 15) is 0 Å². The molecule has 4 heteroatoms. The van der Waals surface area contributed by atoms with Gasteiger partial charge in [-0.2, -0.15) is 0 Å². The van der Waals surface area contributed by atoms with Gasteiger partial charge in [-0.15, -0.1) is 0 Å². The molecule has 1 aromatic rings. The molecule has 1 rings (SSSR count). The van der Waals surface area contributed by atoms with Crippen molar-refractivity contribution in [1.82, 2.24) is 9.97 Å². The third-order valence-corrected chi connectivity index (χ3v) is 1.91. The van der Waals surface area contributed by atoms with Crippen molar-refractivity contribution in [3.63, 3.8) is 0 Å². The van der Waals surface area contributed by atoms with E-state index in [1.807, 2.05) is 13.1 Å². The Labute approximate surface area is 84.7 Å². The second-order valence-electron chi connectivity index (χ2n) is 3.43. The van der Waals surface area contributed by atoms with E-state index in [4.69, 9.17) is 4.74 Å². The number of nitrogens with one attached hydrogen (secondary N) is 1. The molecule has 0 bridgehead atoms. The number of aromatic nitrogens is 2. The third-order valence-electron chi connectivity index (χ3n) is 1.91. The maximum atomic E-state index is 5.01. The average molecular weight is 195 g/mol. The highest BCUT2D eigenvalue weighted by atomic mass is 16.5. The topological polar surface area (TPSA) is 47.0 Å². The van der Waals surface area contributed by atoms with Crippen molar-refractivity contribution in [3.05, 3.63) is 17.6 Å². The van der Waals surface area contributed by atoms with Crippen molar-refractivity contribution < 1.29 is 4.74 Å². The van der Waals surface area contributed by atoms with Gasteiger partial charge in [-0.3, -0.25) is 0 Å². The second kappa shape index (κ2) is 4.91. The standard InChI is InChI=1S/C10H17N3O/c1-7(2)8-5-9(11-3)13-10(12-8)6-14-4/h5,7H,6H2,1-4H3,(H,11,12,13). The van der Waals surface area contributed by atoms with Crippen LogP contribution in [-0.4, -0.2) is 24.1 Å². The summed E-state index contributed by atoms with van der Waals surface area (Å²) < 4.78 is 5.01. The van der Waals surface area contributed by atoms with Gasteiger partial charge in [-0.1, -0.05) is 13.8 Å². The minimum atomic E-state index is 0.403. The quantitative estimate of drug-likeness (QED) is 0.795. The van der Waals surface area contributed by atoms with E-state index < -0.39 is 0 Å². The molecule has 0 aromatic carbocycles. The summed E-state index contributed by atoms with van der Waals surface area (Å²) in [6.07, 6.45) is 0. The highest BCUT2D eigenvalue weighted by molar-refractivity contribution is 5.35. The number of methoxy groups -OCH3 is 1. The zero-order chi connectivity index (χ0) is 10.6. The van der Waals surface area contributed by atoms with Crippen molar-refractivity contribution in [3.8, 4) is 0 Å². The first kappa shape index (κ1) is 10.9. The van der Waals surface area contributed by atoms with Crippen LogP contribution in [0.5, 0.6) is 0 Å². The van der Waals surface area contributed by atoms with Crippen LogP contribution < -0.4 is 5.32 Å². The fourth-order valence-corrected chi connectivity index (χ4v) is 1.14. The van der Waals surface area contributed by atoms with E-state index in [0.717, 1.165) is 17.3 Å². The number of ether oxygens (including phenoxy) is 1. The van der Waals surface area contributed by atoms with Gasteiger partial charge in [0.2, 0.25) is 0 Å². The van der Waals surface area contributed by atoms with Crippen LogP contribution in [0.3, 0.4) is 0 Å². The first-order valence-corrected chi connectivity index (χ1v) is 4.72. The zero-order valence-corrected chi connectivity index (χ0v) is 9.16. The lowest BCUT2D eigenvalue weighted by Crippen LogP contribution is -2.05. The molecule has 0 spiro atoms. The van der Waals surface area contributed by atoms with Crippen molar-refractivity contribution in [2.45, 2.75) is 26.4 Å². The summed E-state index contributed by atoms with van der Waals surface area (Å²) in [4.78, 5) is 8.67. The SMILES string of the molecule is CNc1cc(C(C)C)nc(COC)n1. The fraction of sp³-hybridized carbons (Fsp3) is 0.600. The molecule has 0 amide bonds. The van der Waals surface area contributed by atoms with Gasteiger partial charge < -0.3 is 10.1 Å². The molecule has 1 aromatic heterocycles. The second-order valence-corrected chi connectivity index (χ2v) is 3.43. The maximum Gasteiger partial charge on any atom is 0.156 e.